The number of methoxy groups -OCH3 is 2. The first kappa shape index (κ1) is 16.3. The van der Waals surface area contributed by atoms with Crippen LogP contribution in [-0.4, -0.2) is 32.6 Å². The summed E-state index contributed by atoms with van der Waals surface area (Å²) in [5.41, 5.74) is 2.15. The summed E-state index contributed by atoms with van der Waals surface area (Å²) in [5, 5.41) is 0. The molecule has 0 radical (unpaired) electrons. The Hall–Kier alpha value is -2.58. The van der Waals surface area contributed by atoms with Crippen molar-refractivity contribution in [2.75, 3.05) is 14.2 Å². The third-order valence-electron chi connectivity index (χ3n) is 3.62. The smallest absolute Gasteiger partial charge is 0.240 e. The first-order valence-corrected chi connectivity index (χ1v) is 8.65. The summed E-state index contributed by atoms with van der Waals surface area (Å²) < 4.78 is 37.9. The molecule has 126 valence electrons. The van der Waals surface area contributed by atoms with Crippen molar-refractivity contribution < 1.29 is 17.9 Å². The van der Waals surface area contributed by atoms with Crippen LogP contribution >= 0.6 is 0 Å². The molecule has 2 N–H and O–H groups in total. The van der Waals surface area contributed by atoms with E-state index >= 15 is 0 Å². The molecule has 2 aromatic carbocycles. The number of nitrogens with one attached hydrogen (secondary N) is 2. The van der Waals surface area contributed by atoms with Crippen molar-refractivity contribution in [3.8, 4) is 11.5 Å². The van der Waals surface area contributed by atoms with Gasteiger partial charge in [-0.25, -0.2) is 18.1 Å². The van der Waals surface area contributed by atoms with E-state index in [0.29, 0.717) is 22.5 Å². The Bertz CT molecular complexity index is 966. The lowest BCUT2D eigenvalue weighted by molar-refractivity contribution is 0.354. The predicted octanol–water partition coefficient (Wildman–Crippen LogP) is 2.06. The molecule has 24 heavy (non-hydrogen) atoms. The fraction of sp³-hybridized carbons (Fsp3) is 0.188. The van der Waals surface area contributed by atoms with Crippen molar-refractivity contribution in [1.82, 2.24) is 14.7 Å². The molecule has 0 unspecified atom stereocenters. The standard InChI is InChI=1S/C16H17N3O4S/c1-22-15-6-3-11(7-16(15)23-2)9-19-24(20,21)12-4-5-13-14(8-12)18-10-17-13/h3-8,10,19H,9H2,1-2H3,(H,17,18). The number of sulfonamides is 1. The Morgan fingerprint density at radius 3 is 2.62 bits per heavy atom. The fourth-order valence-corrected chi connectivity index (χ4v) is 3.38. The number of ether oxygens (including phenoxy) is 2. The number of fused-ring (bicyclic) bond motifs is 1. The minimum atomic E-state index is -3.63. The SMILES string of the molecule is COc1ccc(CNS(=O)(=O)c2ccc3nc[nH]c3c2)cc1OC. The summed E-state index contributed by atoms with van der Waals surface area (Å²) in [6.07, 6.45) is 1.53. The molecule has 0 aliphatic carbocycles. The molecular weight excluding hydrogens is 330 g/mol. The summed E-state index contributed by atoms with van der Waals surface area (Å²) >= 11 is 0. The molecule has 1 heterocycles. The fourth-order valence-electron chi connectivity index (χ4n) is 2.33. The maximum atomic E-state index is 12.4. The number of benzene rings is 2. The third-order valence-corrected chi connectivity index (χ3v) is 5.02. The third kappa shape index (κ3) is 3.19. The minimum absolute atomic E-state index is 0.143. The zero-order valence-corrected chi connectivity index (χ0v) is 14.1. The van der Waals surface area contributed by atoms with Crippen molar-refractivity contribution in [1.29, 1.82) is 0 Å². The Kier molecular flexibility index (Phi) is 4.41. The second kappa shape index (κ2) is 6.50. The molecule has 3 rings (SSSR count). The molecule has 8 heteroatoms. The van der Waals surface area contributed by atoms with Crippen molar-refractivity contribution in [3.63, 3.8) is 0 Å². The van der Waals surface area contributed by atoms with Crippen LogP contribution in [0.25, 0.3) is 11.0 Å². The van der Waals surface area contributed by atoms with Gasteiger partial charge in [0, 0.05) is 6.54 Å². The average molecular weight is 347 g/mol. The second-order valence-corrected chi connectivity index (χ2v) is 6.86. The van der Waals surface area contributed by atoms with E-state index in [0.717, 1.165) is 5.56 Å². The summed E-state index contributed by atoms with van der Waals surface area (Å²) in [4.78, 5) is 7.15. The van der Waals surface area contributed by atoms with Gasteiger partial charge in [-0.1, -0.05) is 6.07 Å². The largest absolute Gasteiger partial charge is 0.493 e. The highest BCUT2D eigenvalue weighted by Gasteiger charge is 2.15. The lowest BCUT2D eigenvalue weighted by atomic mass is 10.2. The zero-order valence-electron chi connectivity index (χ0n) is 13.2. The maximum absolute atomic E-state index is 12.4. The minimum Gasteiger partial charge on any atom is -0.493 e. The molecule has 3 aromatic rings. The first-order valence-electron chi connectivity index (χ1n) is 7.17. The second-order valence-electron chi connectivity index (χ2n) is 5.10. The van der Waals surface area contributed by atoms with Crippen LogP contribution < -0.4 is 14.2 Å². The molecular formula is C16H17N3O4S. The van der Waals surface area contributed by atoms with Crippen molar-refractivity contribution >= 4 is 21.1 Å². The Balaban J connectivity index is 1.79. The number of rotatable bonds is 6. The van der Waals surface area contributed by atoms with Crippen molar-refractivity contribution in [3.05, 3.63) is 48.3 Å². The van der Waals surface area contributed by atoms with Gasteiger partial charge in [0.25, 0.3) is 0 Å². The zero-order chi connectivity index (χ0) is 17.2. The highest BCUT2D eigenvalue weighted by atomic mass is 32.2. The van der Waals surface area contributed by atoms with Crippen LogP contribution in [0.2, 0.25) is 0 Å². The van der Waals surface area contributed by atoms with Crippen LogP contribution in [0, 0.1) is 0 Å². The molecule has 0 aliphatic heterocycles. The van der Waals surface area contributed by atoms with E-state index in [-0.39, 0.29) is 11.4 Å². The first-order chi connectivity index (χ1) is 11.5. The van der Waals surface area contributed by atoms with Crippen LogP contribution in [0.5, 0.6) is 11.5 Å². The number of H-pyrrole nitrogens is 1. The highest BCUT2D eigenvalue weighted by molar-refractivity contribution is 7.89. The number of hydrogen-bond acceptors (Lipinski definition) is 5. The van der Waals surface area contributed by atoms with E-state index < -0.39 is 10.0 Å². The number of aromatic amines is 1. The van der Waals surface area contributed by atoms with Gasteiger partial charge >= 0.3 is 0 Å². The van der Waals surface area contributed by atoms with Gasteiger partial charge in [-0.2, -0.15) is 0 Å². The normalized spacial score (nSPS) is 11.6. The topological polar surface area (TPSA) is 93.3 Å². The summed E-state index contributed by atoms with van der Waals surface area (Å²) in [6.45, 7) is 0.143. The molecule has 7 nitrogen and oxygen atoms in total. The van der Waals surface area contributed by atoms with Gasteiger partial charge in [0.05, 0.1) is 36.5 Å². The number of nitrogens with zero attached hydrogens (tertiary/aromatic N) is 1. The van der Waals surface area contributed by atoms with Gasteiger partial charge in [0.15, 0.2) is 11.5 Å². The summed E-state index contributed by atoms with van der Waals surface area (Å²) in [5.74, 6) is 1.14. The molecule has 0 saturated heterocycles. The highest BCUT2D eigenvalue weighted by Crippen LogP contribution is 2.27. The average Bonchev–Trinajstić information content (AvgIpc) is 3.07. The van der Waals surface area contributed by atoms with Crippen LogP contribution in [0.3, 0.4) is 0 Å². The van der Waals surface area contributed by atoms with Gasteiger partial charge in [0.1, 0.15) is 0 Å². The molecule has 0 atom stereocenters. The van der Waals surface area contributed by atoms with E-state index in [2.05, 4.69) is 14.7 Å². The van der Waals surface area contributed by atoms with Gasteiger partial charge < -0.3 is 14.5 Å². The Labute approximate surface area is 139 Å². The predicted molar refractivity (Wildman–Crippen MR) is 89.7 cm³/mol. The summed E-state index contributed by atoms with van der Waals surface area (Å²) in [6, 6.07) is 10.00. The van der Waals surface area contributed by atoms with E-state index in [1.54, 1.807) is 37.4 Å². The van der Waals surface area contributed by atoms with Crippen LogP contribution in [0.4, 0.5) is 0 Å². The summed E-state index contributed by atoms with van der Waals surface area (Å²) in [7, 11) is -0.552. The van der Waals surface area contributed by atoms with Crippen molar-refractivity contribution in [2.45, 2.75) is 11.4 Å². The van der Waals surface area contributed by atoms with Gasteiger partial charge in [0.2, 0.25) is 10.0 Å². The van der Waals surface area contributed by atoms with Gasteiger partial charge in [-0.05, 0) is 35.9 Å². The lowest BCUT2D eigenvalue weighted by Crippen LogP contribution is -2.23. The number of aromatic nitrogens is 2. The van der Waals surface area contributed by atoms with Crippen LogP contribution in [-0.2, 0) is 16.6 Å². The lowest BCUT2D eigenvalue weighted by Gasteiger charge is -2.11. The van der Waals surface area contributed by atoms with Gasteiger partial charge in [-0.3, -0.25) is 0 Å². The van der Waals surface area contributed by atoms with E-state index in [1.807, 2.05) is 0 Å². The molecule has 0 saturated carbocycles. The maximum Gasteiger partial charge on any atom is 0.240 e. The van der Waals surface area contributed by atoms with E-state index in [4.69, 9.17) is 9.47 Å². The van der Waals surface area contributed by atoms with E-state index in [1.165, 1.54) is 19.5 Å². The number of hydrogen-bond donors (Lipinski definition) is 2. The Morgan fingerprint density at radius 1 is 1.08 bits per heavy atom. The van der Waals surface area contributed by atoms with Crippen LogP contribution in [0.1, 0.15) is 5.56 Å². The molecule has 0 aliphatic rings. The molecule has 0 spiro atoms. The van der Waals surface area contributed by atoms with E-state index in [9.17, 15) is 8.42 Å². The molecule has 0 bridgehead atoms. The molecule has 0 fully saturated rings. The monoisotopic (exact) mass is 347 g/mol. The molecule has 1 aromatic heterocycles. The van der Waals surface area contributed by atoms with Gasteiger partial charge in [-0.15, -0.1) is 0 Å². The Morgan fingerprint density at radius 2 is 1.88 bits per heavy atom. The quantitative estimate of drug-likeness (QED) is 0.712. The molecule has 0 amide bonds. The van der Waals surface area contributed by atoms with Crippen molar-refractivity contribution in [2.24, 2.45) is 0 Å². The van der Waals surface area contributed by atoms with Crippen LogP contribution in [0.15, 0.2) is 47.6 Å². The number of imidazole rings is 1.